The number of rotatable bonds is 6. The van der Waals surface area contributed by atoms with Crippen LogP contribution in [0.15, 0.2) is 16.5 Å². The van der Waals surface area contributed by atoms with Crippen LogP contribution in [0.4, 0.5) is 0 Å². The molecule has 0 radical (unpaired) electrons. The van der Waals surface area contributed by atoms with Gasteiger partial charge in [0.15, 0.2) is 0 Å². The Morgan fingerprint density at radius 3 is 2.70 bits per heavy atom. The molecule has 2 aromatic heterocycles. The summed E-state index contributed by atoms with van der Waals surface area (Å²) in [7, 11) is -1.63. The Hall–Kier alpha value is -1.22. The van der Waals surface area contributed by atoms with Gasteiger partial charge in [0.05, 0.1) is 6.20 Å². The average molecular weight is 314 g/mol. The number of sulfonamides is 1. The number of nitrogens with zero attached hydrogens (tertiary/aromatic N) is 1. The number of hydrogen-bond donors (Lipinski definition) is 3. The maximum absolute atomic E-state index is 12.3. The highest BCUT2D eigenvalue weighted by atomic mass is 32.2. The lowest BCUT2D eigenvalue weighted by Gasteiger charge is -2.03. The van der Waals surface area contributed by atoms with Crippen molar-refractivity contribution >= 4 is 21.4 Å². The Morgan fingerprint density at radius 2 is 2.10 bits per heavy atom. The summed E-state index contributed by atoms with van der Waals surface area (Å²) in [6.45, 7) is 4.69. The SMILES string of the molecule is CNCc1sc(S(=O)(=O)NCc2cn[nH]c2C)cc1C. The minimum atomic E-state index is -3.47. The van der Waals surface area contributed by atoms with Crippen molar-refractivity contribution in [3.63, 3.8) is 0 Å². The number of aromatic amines is 1. The first-order valence-corrected chi connectivity index (χ1v) is 8.46. The molecular formula is C12H18N4O2S2. The summed E-state index contributed by atoms with van der Waals surface area (Å²) < 4.78 is 27.5. The minimum absolute atomic E-state index is 0.239. The maximum Gasteiger partial charge on any atom is 0.250 e. The van der Waals surface area contributed by atoms with Crippen LogP contribution in [0.2, 0.25) is 0 Å². The fourth-order valence-electron chi connectivity index (χ4n) is 1.75. The molecule has 2 heterocycles. The highest BCUT2D eigenvalue weighted by molar-refractivity contribution is 7.91. The van der Waals surface area contributed by atoms with Gasteiger partial charge in [-0.2, -0.15) is 5.10 Å². The van der Waals surface area contributed by atoms with Gasteiger partial charge in [0.2, 0.25) is 10.0 Å². The zero-order chi connectivity index (χ0) is 14.8. The molecule has 0 aliphatic heterocycles. The molecule has 0 saturated carbocycles. The third-order valence-corrected chi connectivity index (χ3v) is 6.10. The van der Waals surface area contributed by atoms with E-state index in [-0.39, 0.29) is 6.54 Å². The molecule has 0 fully saturated rings. The summed E-state index contributed by atoms with van der Waals surface area (Å²) in [5.74, 6) is 0. The Balaban J connectivity index is 2.14. The van der Waals surface area contributed by atoms with Crippen molar-refractivity contribution in [2.45, 2.75) is 31.1 Å². The first kappa shape index (κ1) is 15.2. The highest BCUT2D eigenvalue weighted by Gasteiger charge is 2.19. The minimum Gasteiger partial charge on any atom is -0.315 e. The molecule has 6 nitrogen and oxygen atoms in total. The smallest absolute Gasteiger partial charge is 0.250 e. The van der Waals surface area contributed by atoms with Gasteiger partial charge >= 0.3 is 0 Å². The lowest BCUT2D eigenvalue weighted by atomic mass is 10.3. The van der Waals surface area contributed by atoms with Gasteiger partial charge < -0.3 is 5.32 Å². The number of thiophene rings is 1. The van der Waals surface area contributed by atoms with Gasteiger partial charge in [-0.25, -0.2) is 13.1 Å². The van der Waals surface area contributed by atoms with Gasteiger partial charge in [-0.1, -0.05) is 0 Å². The zero-order valence-electron chi connectivity index (χ0n) is 11.6. The number of H-pyrrole nitrogens is 1. The predicted molar refractivity (Wildman–Crippen MR) is 79.2 cm³/mol. The first-order chi connectivity index (χ1) is 9.44. The molecule has 2 rings (SSSR count). The van der Waals surface area contributed by atoms with E-state index in [4.69, 9.17) is 0 Å². The van der Waals surface area contributed by atoms with E-state index in [0.717, 1.165) is 21.7 Å². The summed E-state index contributed by atoms with van der Waals surface area (Å²) in [5.41, 5.74) is 2.70. The van der Waals surface area contributed by atoms with Crippen molar-refractivity contribution in [3.05, 3.63) is 34.0 Å². The van der Waals surface area contributed by atoms with Crippen LogP contribution >= 0.6 is 11.3 Å². The van der Waals surface area contributed by atoms with Crippen LogP contribution in [0, 0.1) is 13.8 Å². The van der Waals surface area contributed by atoms with Crippen molar-refractivity contribution < 1.29 is 8.42 Å². The standard InChI is InChI=1S/C12H18N4O2S2/c1-8-4-12(19-11(8)7-13-3)20(17,18)15-6-10-5-14-16-9(10)2/h4-5,13,15H,6-7H2,1-3H3,(H,14,16). The predicted octanol–water partition coefficient (Wildman–Crippen LogP) is 1.29. The van der Waals surface area contributed by atoms with Crippen molar-refractivity contribution in [1.29, 1.82) is 0 Å². The average Bonchev–Trinajstić information content (AvgIpc) is 2.95. The van der Waals surface area contributed by atoms with E-state index in [0.29, 0.717) is 10.8 Å². The summed E-state index contributed by atoms with van der Waals surface area (Å²) in [5, 5.41) is 9.69. The van der Waals surface area contributed by atoms with Crippen LogP contribution in [0.3, 0.4) is 0 Å². The second kappa shape index (κ2) is 6.04. The quantitative estimate of drug-likeness (QED) is 0.750. The fourth-order valence-corrected chi connectivity index (χ4v) is 4.41. The van der Waals surface area contributed by atoms with Gasteiger partial charge in [0.25, 0.3) is 0 Å². The van der Waals surface area contributed by atoms with Gasteiger partial charge in [0, 0.05) is 29.2 Å². The monoisotopic (exact) mass is 314 g/mol. The third kappa shape index (κ3) is 3.26. The van der Waals surface area contributed by atoms with Crippen molar-refractivity contribution in [1.82, 2.24) is 20.2 Å². The second-order valence-electron chi connectivity index (χ2n) is 4.55. The van der Waals surface area contributed by atoms with E-state index in [9.17, 15) is 8.42 Å². The first-order valence-electron chi connectivity index (χ1n) is 6.16. The van der Waals surface area contributed by atoms with Crippen molar-refractivity contribution in [2.75, 3.05) is 7.05 Å². The van der Waals surface area contributed by atoms with Crippen LogP contribution in [-0.4, -0.2) is 25.7 Å². The molecule has 0 aromatic carbocycles. The summed E-state index contributed by atoms with van der Waals surface area (Å²) in [6, 6.07) is 1.71. The largest absolute Gasteiger partial charge is 0.315 e. The van der Waals surface area contributed by atoms with Gasteiger partial charge in [-0.3, -0.25) is 5.10 Å². The second-order valence-corrected chi connectivity index (χ2v) is 7.68. The molecule has 110 valence electrons. The van der Waals surface area contributed by atoms with E-state index >= 15 is 0 Å². The van der Waals surface area contributed by atoms with E-state index in [2.05, 4.69) is 20.2 Å². The summed E-state index contributed by atoms with van der Waals surface area (Å²) in [4.78, 5) is 1.03. The van der Waals surface area contributed by atoms with Crippen molar-refractivity contribution in [3.8, 4) is 0 Å². The molecule has 0 aliphatic carbocycles. The molecule has 0 aliphatic rings. The van der Waals surface area contributed by atoms with Crippen LogP contribution < -0.4 is 10.0 Å². The van der Waals surface area contributed by atoms with E-state index in [1.807, 2.05) is 20.9 Å². The molecule has 20 heavy (non-hydrogen) atoms. The van der Waals surface area contributed by atoms with Crippen LogP contribution in [0.25, 0.3) is 0 Å². The summed E-state index contributed by atoms with van der Waals surface area (Å²) >= 11 is 1.30. The van der Waals surface area contributed by atoms with Crippen LogP contribution in [0.5, 0.6) is 0 Å². The Labute approximate surface area is 122 Å². The fraction of sp³-hybridized carbons (Fsp3) is 0.417. The lowest BCUT2D eigenvalue weighted by Crippen LogP contribution is -2.22. The topological polar surface area (TPSA) is 86.9 Å². The molecule has 0 amide bonds. The van der Waals surface area contributed by atoms with E-state index in [1.54, 1.807) is 12.3 Å². The molecule has 3 N–H and O–H groups in total. The van der Waals surface area contributed by atoms with E-state index in [1.165, 1.54) is 11.3 Å². The molecule has 8 heteroatoms. The van der Waals surface area contributed by atoms with Gasteiger partial charge in [-0.05, 0) is 32.5 Å². The van der Waals surface area contributed by atoms with Crippen LogP contribution in [0.1, 0.15) is 21.7 Å². The number of aromatic nitrogens is 2. The molecule has 0 atom stereocenters. The molecule has 2 aromatic rings. The molecule has 0 saturated heterocycles. The highest BCUT2D eigenvalue weighted by Crippen LogP contribution is 2.25. The van der Waals surface area contributed by atoms with Crippen LogP contribution in [-0.2, 0) is 23.1 Å². The molecule has 0 unspecified atom stereocenters. The molecular weight excluding hydrogens is 296 g/mol. The molecule has 0 spiro atoms. The lowest BCUT2D eigenvalue weighted by molar-refractivity contribution is 0.583. The number of nitrogens with one attached hydrogen (secondary N) is 3. The number of hydrogen-bond acceptors (Lipinski definition) is 5. The Kier molecular flexibility index (Phi) is 4.59. The maximum atomic E-state index is 12.3. The summed E-state index contributed by atoms with van der Waals surface area (Å²) in [6.07, 6.45) is 1.63. The van der Waals surface area contributed by atoms with E-state index < -0.39 is 10.0 Å². The normalized spacial score (nSPS) is 11.9. The number of aryl methyl sites for hydroxylation is 2. The zero-order valence-corrected chi connectivity index (χ0v) is 13.3. The third-order valence-electron chi connectivity index (χ3n) is 2.99. The molecule has 0 bridgehead atoms. The van der Waals surface area contributed by atoms with Crippen molar-refractivity contribution in [2.24, 2.45) is 0 Å². The van der Waals surface area contributed by atoms with Gasteiger partial charge in [0.1, 0.15) is 4.21 Å². The Bertz CT molecular complexity index is 688. The Morgan fingerprint density at radius 1 is 1.35 bits per heavy atom. The van der Waals surface area contributed by atoms with Gasteiger partial charge in [-0.15, -0.1) is 11.3 Å².